The Labute approximate surface area is 128 Å². The summed E-state index contributed by atoms with van der Waals surface area (Å²) in [7, 11) is 0. The van der Waals surface area contributed by atoms with Crippen molar-refractivity contribution in [3.63, 3.8) is 0 Å². The van der Waals surface area contributed by atoms with Crippen molar-refractivity contribution in [3.8, 4) is 5.75 Å². The molecule has 0 aliphatic heterocycles. The Hall–Kier alpha value is -1.80. The first-order chi connectivity index (χ1) is 10.0. The summed E-state index contributed by atoms with van der Waals surface area (Å²) in [5, 5.41) is 3.56. The molecule has 21 heavy (non-hydrogen) atoms. The lowest BCUT2D eigenvalue weighted by Gasteiger charge is -2.16. The second-order valence-electron chi connectivity index (χ2n) is 5.83. The maximum Gasteiger partial charge on any atom is 0.120 e. The molecule has 0 fully saturated rings. The fraction of sp³-hybridized carbons (Fsp3) is 0.368. The molecule has 0 saturated heterocycles. The molecule has 1 unspecified atom stereocenters. The lowest BCUT2D eigenvalue weighted by molar-refractivity contribution is 0.242. The largest absolute Gasteiger partial charge is 0.491 e. The molecule has 2 nitrogen and oxygen atoms in total. The Morgan fingerprint density at radius 3 is 2.38 bits per heavy atom. The van der Waals surface area contributed by atoms with Gasteiger partial charge in [0.15, 0.2) is 0 Å². The van der Waals surface area contributed by atoms with Crippen LogP contribution >= 0.6 is 0 Å². The van der Waals surface area contributed by atoms with Crippen LogP contribution in [0.25, 0.3) is 0 Å². The molecular weight excluding hydrogens is 258 g/mol. The van der Waals surface area contributed by atoms with Crippen LogP contribution in [0.4, 0.5) is 0 Å². The average molecular weight is 283 g/mol. The zero-order valence-corrected chi connectivity index (χ0v) is 13.4. The van der Waals surface area contributed by atoms with E-state index in [1.807, 2.05) is 19.9 Å². The molecule has 2 heteroatoms. The highest BCUT2D eigenvalue weighted by atomic mass is 16.5. The quantitative estimate of drug-likeness (QED) is 0.834. The molecule has 0 heterocycles. The number of rotatable bonds is 6. The van der Waals surface area contributed by atoms with Crippen LogP contribution in [-0.4, -0.2) is 6.10 Å². The molecule has 0 aliphatic carbocycles. The van der Waals surface area contributed by atoms with Gasteiger partial charge in [-0.1, -0.05) is 42.0 Å². The zero-order valence-electron chi connectivity index (χ0n) is 13.4. The Morgan fingerprint density at radius 1 is 1.00 bits per heavy atom. The fourth-order valence-corrected chi connectivity index (χ4v) is 2.22. The molecule has 112 valence electrons. The lowest BCUT2D eigenvalue weighted by atomic mass is 10.1. The van der Waals surface area contributed by atoms with Gasteiger partial charge in [-0.15, -0.1) is 0 Å². The summed E-state index contributed by atoms with van der Waals surface area (Å²) in [5.74, 6) is 0.937. The van der Waals surface area contributed by atoms with E-state index in [4.69, 9.17) is 4.74 Å². The summed E-state index contributed by atoms with van der Waals surface area (Å²) in [6.45, 7) is 9.26. The summed E-state index contributed by atoms with van der Waals surface area (Å²) in [5.41, 5.74) is 3.85. The molecule has 2 rings (SSSR count). The lowest BCUT2D eigenvalue weighted by Crippen LogP contribution is -2.18. The van der Waals surface area contributed by atoms with Crippen LogP contribution in [0.5, 0.6) is 5.75 Å². The Bertz CT molecular complexity index is 560. The van der Waals surface area contributed by atoms with Gasteiger partial charge in [0.1, 0.15) is 5.75 Å². The molecule has 0 saturated carbocycles. The van der Waals surface area contributed by atoms with E-state index in [1.165, 1.54) is 16.7 Å². The van der Waals surface area contributed by atoms with Crippen molar-refractivity contribution in [2.45, 2.75) is 46.4 Å². The number of hydrogen-bond acceptors (Lipinski definition) is 2. The molecule has 2 aromatic rings. The number of nitrogens with one attached hydrogen (secondary N) is 1. The van der Waals surface area contributed by atoms with Gasteiger partial charge in [-0.25, -0.2) is 0 Å². The molecule has 1 atom stereocenters. The van der Waals surface area contributed by atoms with Crippen LogP contribution in [0.2, 0.25) is 0 Å². The van der Waals surface area contributed by atoms with Gasteiger partial charge in [-0.05, 0) is 51.0 Å². The zero-order chi connectivity index (χ0) is 15.2. The molecule has 0 bridgehead atoms. The van der Waals surface area contributed by atoms with Crippen LogP contribution in [0.3, 0.4) is 0 Å². The van der Waals surface area contributed by atoms with Crippen LogP contribution in [0, 0.1) is 6.92 Å². The van der Waals surface area contributed by atoms with Crippen molar-refractivity contribution >= 4 is 0 Å². The predicted octanol–water partition coefficient (Wildman–Crippen LogP) is 4.63. The van der Waals surface area contributed by atoms with Gasteiger partial charge in [0.05, 0.1) is 6.10 Å². The number of benzene rings is 2. The minimum Gasteiger partial charge on any atom is -0.491 e. The van der Waals surface area contributed by atoms with E-state index in [0.29, 0.717) is 6.04 Å². The smallest absolute Gasteiger partial charge is 0.120 e. The molecule has 1 N–H and O–H groups in total. The molecule has 0 aromatic heterocycles. The standard InChI is InChI=1S/C19H25NO/c1-14(2)21-19-7-5-6-18(12-19)16(4)20-13-17-10-8-15(3)9-11-17/h5-12,14,16,20H,13H2,1-4H3. The van der Waals surface area contributed by atoms with Gasteiger partial charge in [0, 0.05) is 12.6 Å². The van der Waals surface area contributed by atoms with Crippen LogP contribution in [-0.2, 0) is 6.54 Å². The van der Waals surface area contributed by atoms with E-state index in [0.717, 1.165) is 12.3 Å². The third-order valence-electron chi connectivity index (χ3n) is 3.46. The van der Waals surface area contributed by atoms with Crippen molar-refractivity contribution in [2.75, 3.05) is 0 Å². The third-order valence-corrected chi connectivity index (χ3v) is 3.46. The first-order valence-electron chi connectivity index (χ1n) is 7.60. The number of hydrogen-bond donors (Lipinski definition) is 1. The number of aryl methyl sites for hydroxylation is 1. The van der Waals surface area contributed by atoms with Crippen molar-refractivity contribution in [2.24, 2.45) is 0 Å². The molecule has 2 aromatic carbocycles. The van der Waals surface area contributed by atoms with E-state index in [-0.39, 0.29) is 6.10 Å². The number of ether oxygens (including phenoxy) is 1. The summed E-state index contributed by atoms with van der Waals surface area (Å²) in [6.07, 6.45) is 0.205. The van der Waals surface area contributed by atoms with Gasteiger partial charge in [0.2, 0.25) is 0 Å². The van der Waals surface area contributed by atoms with Crippen molar-refractivity contribution in [1.82, 2.24) is 5.32 Å². The molecule has 0 aliphatic rings. The van der Waals surface area contributed by atoms with E-state index in [1.54, 1.807) is 0 Å². The van der Waals surface area contributed by atoms with Crippen LogP contribution < -0.4 is 10.1 Å². The Morgan fingerprint density at radius 2 is 1.71 bits per heavy atom. The topological polar surface area (TPSA) is 21.3 Å². The molecular formula is C19H25NO. The van der Waals surface area contributed by atoms with E-state index < -0.39 is 0 Å². The summed E-state index contributed by atoms with van der Waals surface area (Å²) in [6, 6.07) is 17.3. The highest BCUT2D eigenvalue weighted by molar-refractivity contribution is 5.30. The minimum absolute atomic E-state index is 0.205. The molecule has 0 spiro atoms. The van der Waals surface area contributed by atoms with E-state index in [2.05, 4.69) is 61.6 Å². The third kappa shape index (κ3) is 4.91. The average Bonchev–Trinajstić information content (AvgIpc) is 2.46. The second-order valence-corrected chi connectivity index (χ2v) is 5.83. The highest BCUT2D eigenvalue weighted by Gasteiger charge is 2.07. The second kappa shape index (κ2) is 7.28. The van der Waals surface area contributed by atoms with E-state index >= 15 is 0 Å². The van der Waals surface area contributed by atoms with Gasteiger partial charge < -0.3 is 10.1 Å². The van der Waals surface area contributed by atoms with Crippen molar-refractivity contribution in [1.29, 1.82) is 0 Å². The van der Waals surface area contributed by atoms with Gasteiger partial charge in [0.25, 0.3) is 0 Å². The van der Waals surface area contributed by atoms with Crippen LogP contribution in [0.1, 0.15) is 43.5 Å². The fourth-order valence-electron chi connectivity index (χ4n) is 2.22. The molecule has 0 amide bonds. The maximum absolute atomic E-state index is 5.75. The first kappa shape index (κ1) is 15.6. The Balaban J connectivity index is 1.96. The van der Waals surface area contributed by atoms with Gasteiger partial charge in [-0.3, -0.25) is 0 Å². The van der Waals surface area contributed by atoms with Gasteiger partial charge >= 0.3 is 0 Å². The van der Waals surface area contributed by atoms with Crippen molar-refractivity contribution < 1.29 is 4.74 Å². The summed E-state index contributed by atoms with van der Waals surface area (Å²) < 4.78 is 5.75. The highest BCUT2D eigenvalue weighted by Crippen LogP contribution is 2.20. The van der Waals surface area contributed by atoms with E-state index in [9.17, 15) is 0 Å². The molecule has 0 radical (unpaired) electrons. The Kier molecular flexibility index (Phi) is 5.40. The predicted molar refractivity (Wildman–Crippen MR) is 88.6 cm³/mol. The summed E-state index contributed by atoms with van der Waals surface area (Å²) in [4.78, 5) is 0. The normalized spacial score (nSPS) is 12.4. The SMILES string of the molecule is Cc1ccc(CNC(C)c2cccc(OC(C)C)c2)cc1. The van der Waals surface area contributed by atoms with Crippen molar-refractivity contribution in [3.05, 3.63) is 65.2 Å². The van der Waals surface area contributed by atoms with Gasteiger partial charge in [-0.2, -0.15) is 0 Å². The monoisotopic (exact) mass is 283 g/mol. The summed E-state index contributed by atoms with van der Waals surface area (Å²) >= 11 is 0. The minimum atomic E-state index is 0.205. The maximum atomic E-state index is 5.75. The van der Waals surface area contributed by atoms with Crippen LogP contribution in [0.15, 0.2) is 48.5 Å². The first-order valence-corrected chi connectivity index (χ1v) is 7.60.